The number of hydrogen-bond donors (Lipinski definition) is 0. The summed E-state index contributed by atoms with van der Waals surface area (Å²) < 4.78 is 0. The van der Waals surface area contributed by atoms with Gasteiger partial charge in [0.15, 0.2) is 0 Å². The zero-order chi connectivity index (χ0) is 9.83. The van der Waals surface area contributed by atoms with Gasteiger partial charge in [-0.2, -0.15) is 0 Å². The molecule has 0 unspecified atom stereocenters. The molecule has 0 heterocycles. The summed E-state index contributed by atoms with van der Waals surface area (Å²) in [6, 6.07) is 17.6. The van der Waals surface area contributed by atoms with E-state index in [0.717, 1.165) is 0 Å². The highest BCUT2D eigenvalue weighted by Crippen LogP contribution is 2.41. The van der Waals surface area contributed by atoms with Gasteiger partial charge in [-0.05, 0) is 39.4 Å². The van der Waals surface area contributed by atoms with Crippen LogP contribution in [0.1, 0.15) is 11.1 Å². The summed E-state index contributed by atoms with van der Waals surface area (Å²) in [5.41, 5.74) is 5.84. The minimum absolute atomic E-state index is 1.19. The number of fused-ring (bicyclic) bond motifs is 5. The van der Waals surface area contributed by atoms with Crippen LogP contribution >= 0.6 is 0 Å². The summed E-state index contributed by atoms with van der Waals surface area (Å²) in [6.07, 6.45) is 1.19. The van der Waals surface area contributed by atoms with E-state index in [9.17, 15) is 0 Å². The highest BCUT2D eigenvalue weighted by molar-refractivity contribution is 6.02. The Balaban J connectivity index is 2.31. The molecule has 0 spiro atoms. The van der Waals surface area contributed by atoms with Crippen molar-refractivity contribution >= 4 is 10.8 Å². The first-order valence-electron chi connectivity index (χ1n) is 5.36. The molecule has 3 aliphatic carbocycles. The van der Waals surface area contributed by atoms with E-state index in [-0.39, 0.29) is 0 Å². The summed E-state index contributed by atoms with van der Waals surface area (Å²) in [6.45, 7) is 0. The molecular formula is C15H10. The molecule has 0 amide bonds. The van der Waals surface area contributed by atoms with E-state index in [2.05, 4.69) is 48.5 Å². The summed E-state index contributed by atoms with van der Waals surface area (Å²) in [5.74, 6) is 0. The third kappa shape index (κ3) is 0.913. The molecule has 0 aliphatic heterocycles. The Bertz CT molecular complexity index is 650. The molecule has 0 saturated heterocycles. The molecule has 4 rings (SSSR count). The fourth-order valence-corrected chi connectivity index (χ4v) is 2.52. The van der Waals surface area contributed by atoms with E-state index in [0.29, 0.717) is 0 Å². The monoisotopic (exact) mass is 190 g/mol. The van der Waals surface area contributed by atoms with Crippen molar-refractivity contribution in [1.29, 1.82) is 0 Å². The normalized spacial score (nSPS) is 13.1. The smallest absolute Gasteiger partial charge is 0.00135 e. The molecule has 1 aromatic rings. The van der Waals surface area contributed by atoms with E-state index < -0.39 is 0 Å². The molecule has 1 aromatic carbocycles. The molecule has 0 fully saturated rings. The second-order valence-corrected chi connectivity index (χ2v) is 4.26. The van der Waals surface area contributed by atoms with Gasteiger partial charge in [0, 0.05) is 0 Å². The van der Waals surface area contributed by atoms with Gasteiger partial charge in [-0.25, -0.2) is 0 Å². The van der Waals surface area contributed by atoms with Crippen molar-refractivity contribution in [2.75, 3.05) is 0 Å². The summed E-state index contributed by atoms with van der Waals surface area (Å²) in [5, 5.41) is 2.84. The van der Waals surface area contributed by atoms with Crippen molar-refractivity contribution in [3.63, 3.8) is 0 Å². The van der Waals surface area contributed by atoms with Crippen molar-refractivity contribution in [3.8, 4) is 11.1 Å². The molecule has 0 bridgehead atoms. The standard InChI is InChI=1S/C15H10/c1-3-10-4-2-6-13(10)15-11(5-1)7-8-12-9-14(12)15/h1-8H,9H2. The Kier molecular flexibility index (Phi) is 1.20. The molecule has 3 aliphatic rings. The van der Waals surface area contributed by atoms with Gasteiger partial charge in [-0.3, -0.25) is 0 Å². The first kappa shape index (κ1) is 7.47. The van der Waals surface area contributed by atoms with Crippen LogP contribution < -0.4 is 0 Å². The van der Waals surface area contributed by atoms with Crippen LogP contribution in [0.15, 0.2) is 48.5 Å². The SMILES string of the molecule is c1cc2cccc3ccc4c(c3c-2c1)C4. The maximum absolute atomic E-state index is 2.26. The Morgan fingerprint density at radius 2 is 1.67 bits per heavy atom. The lowest BCUT2D eigenvalue weighted by Crippen LogP contribution is -1.71. The van der Waals surface area contributed by atoms with Crippen LogP contribution in [0.2, 0.25) is 0 Å². The van der Waals surface area contributed by atoms with E-state index in [4.69, 9.17) is 0 Å². The average Bonchev–Trinajstić information content (AvgIpc) is 2.94. The lowest BCUT2D eigenvalue weighted by Gasteiger charge is -1.97. The van der Waals surface area contributed by atoms with Crippen LogP contribution in [-0.2, 0) is 6.42 Å². The molecule has 15 heavy (non-hydrogen) atoms. The Labute approximate surface area is 88.5 Å². The van der Waals surface area contributed by atoms with Gasteiger partial charge in [-0.1, -0.05) is 48.5 Å². The topological polar surface area (TPSA) is 0 Å². The van der Waals surface area contributed by atoms with Crippen LogP contribution in [-0.4, -0.2) is 0 Å². The van der Waals surface area contributed by atoms with E-state index in [1.54, 1.807) is 5.56 Å². The van der Waals surface area contributed by atoms with Crippen LogP contribution in [0.25, 0.3) is 21.9 Å². The van der Waals surface area contributed by atoms with Crippen LogP contribution in [0.3, 0.4) is 0 Å². The molecule has 0 N–H and O–H groups in total. The molecule has 0 nitrogen and oxygen atoms in total. The van der Waals surface area contributed by atoms with Crippen molar-refractivity contribution in [2.45, 2.75) is 6.42 Å². The van der Waals surface area contributed by atoms with Gasteiger partial charge in [0.05, 0.1) is 0 Å². The summed E-state index contributed by atoms with van der Waals surface area (Å²) in [4.78, 5) is 0. The second-order valence-electron chi connectivity index (χ2n) is 4.26. The fourth-order valence-electron chi connectivity index (χ4n) is 2.52. The van der Waals surface area contributed by atoms with Gasteiger partial charge in [0.2, 0.25) is 0 Å². The Morgan fingerprint density at radius 3 is 2.60 bits per heavy atom. The van der Waals surface area contributed by atoms with Crippen LogP contribution in [0.5, 0.6) is 0 Å². The van der Waals surface area contributed by atoms with Crippen molar-refractivity contribution in [2.24, 2.45) is 0 Å². The molecule has 0 heteroatoms. The maximum atomic E-state index is 2.26. The largest absolute Gasteiger partial charge is 0.0610 e. The second kappa shape index (κ2) is 2.40. The van der Waals surface area contributed by atoms with Crippen LogP contribution in [0.4, 0.5) is 0 Å². The molecule has 0 saturated carbocycles. The van der Waals surface area contributed by atoms with Gasteiger partial charge < -0.3 is 0 Å². The minimum atomic E-state index is 1.19. The lowest BCUT2D eigenvalue weighted by molar-refractivity contribution is 1.62. The number of benzene rings is 1. The number of hydrogen-bond acceptors (Lipinski definition) is 0. The van der Waals surface area contributed by atoms with Gasteiger partial charge >= 0.3 is 0 Å². The molecule has 0 radical (unpaired) electrons. The quantitative estimate of drug-likeness (QED) is 0.395. The highest BCUT2D eigenvalue weighted by atomic mass is 14.2. The maximum Gasteiger partial charge on any atom is -0.00135 e. The van der Waals surface area contributed by atoms with E-state index in [1.807, 2.05) is 0 Å². The molecular weight excluding hydrogens is 180 g/mol. The third-order valence-electron chi connectivity index (χ3n) is 3.35. The molecule has 0 aromatic heterocycles. The molecule has 70 valence electrons. The van der Waals surface area contributed by atoms with Crippen molar-refractivity contribution in [1.82, 2.24) is 0 Å². The fraction of sp³-hybridized carbons (Fsp3) is 0.0667. The summed E-state index contributed by atoms with van der Waals surface area (Å²) in [7, 11) is 0. The number of rotatable bonds is 0. The summed E-state index contributed by atoms with van der Waals surface area (Å²) >= 11 is 0. The predicted octanol–water partition coefficient (Wildman–Crippen LogP) is 3.85. The first-order valence-corrected chi connectivity index (χ1v) is 5.36. The zero-order valence-corrected chi connectivity index (χ0v) is 8.33. The van der Waals surface area contributed by atoms with E-state index >= 15 is 0 Å². The zero-order valence-electron chi connectivity index (χ0n) is 8.33. The van der Waals surface area contributed by atoms with Gasteiger partial charge in [0.25, 0.3) is 0 Å². The average molecular weight is 190 g/mol. The molecule has 0 atom stereocenters. The minimum Gasteiger partial charge on any atom is -0.0610 e. The van der Waals surface area contributed by atoms with Crippen molar-refractivity contribution in [3.05, 3.63) is 59.7 Å². The lowest BCUT2D eigenvalue weighted by atomic mass is 10.1. The van der Waals surface area contributed by atoms with Gasteiger partial charge in [0.1, 0.15) is 0 Å². The highest BCUT2D eigenvalue weighted by Gasteiger charge is 2.21. The first-order chi connectivity index (χ1) is 7.43. The Morgan fingerprint density at radius 1 is 0.800 bits per heavy atom. The predicted molar refractivity (Wildman–Crippen MR) is 63.4 cm³/mol. The van der Waals surface area contributed by atoms with Crippen LogP contribution in [0, 0.1) is 0 Å². The van der Waals surface area contributed by atoms with Gasteiger partial charge in [-0.15, -0.1) is 0 Å². The third-order valence-corrected chi connectivity index (χ3v) is 3.35. The van der Waals surface area contributed by atoms with E-state index in [1.165, 1.54) is 33.9 Å². The Hall–Kier alpha value is -1.82. The van der Waals surface area contributed by atoms with Crippen molar-refractivity contribution < 1.29 is 0 Å².